The number of nitrogens with zero attached hydrogens (tertiary/aromatic N) is 1. The number of hydrogen-bond acceptors (Lipinski definition) is 4. The minimum absolute atomic E-state index is 0.0506. The standard InChI is InChI=1S/C23H18Cl2N2O4/c24-16-5-3-4-15(10-16)12-27-19-11-17(8-9-21(19)31-14-23(27)29)26-22(28)13-30-20-7-2-1-6-18(20)25/h1-11H,12-14H2,(H,26,28). The highest BCUT2D eigenvalue weighted by Crippen LogP contribution is 2.35. The van der Waals surface area contributed by atoms with Gasteiger partial charge in [0.2, 0.25) is 0 Å². The first kappa shape index (κ1) is 21.0. The third-order valence-electron chi connectivity index (χ3n) is 4.61. The van der Waals surface area contributed by atoms with Gasteiger partial charge in [-0.3, -0.25) is 9.59 Å². The number of carbonyl (C=O) groups excluding carboxylic acids is 2. The number of rotatable bonds is 6. The second-order valence-electron chi connectivity index (χ2n) is 6.85. The molecule has 0 atom stereocenters. The average molecular weight is 457 g/mol. The Morgan fingerprint density at radius 2 is 1.90 bits per heavy atom. The highest BCUT2D eigenvalue weighted by Gasteiger charge is 2.26. The fourth-order valence-corrected chi connectivity index (χ4v) is 3.58. The van der Waals surface area contributed by atoms with Crippen LogP contribution < -0.4 is 19.7 Å². The van der Waals surface area contributed by atoms with Crippen LogP contribution in [0, 0.1) is 0 Å². The lowest BCUT2D eigenvalue weighted by Crippen LogP contribution is -2.38. The molecule has 1 aliphatic heterocycles. The van der Waals surface area contributed by atoms with Crippen molar-refractivity contribution in [1.29, 1.82) is 0 Å². The van der Waals surface area contributed by atoms with Gasteiger partial charge in [-0.2, -0.15) is 0 Å². The molecule has 1 N–H and O–H groups in total. The second kappa shape index (κ2) is 9.29. The predicted octanol–water partition coefficient (Wildman–Crippen LogP) is 4.94. The summed E-state index contributed by atoms with van der Waals surface area (Å²) in [5.41, 5.74) is 1.97. The maximum Gasteiger partial charge on any atom is 0.265 e. The Bertz CT molecular complexity index is 1140. The lowest BCUT2D eigenvalue weighted by Gasteiger charge is -2.30. The zero-order valence-electron chi connectivity index (χ0n) is 16.3. The molecule has 8 heteroatoms. The van der Waals surface area contributed by atoms with Gasteiger partial charge < -0.3 is 19.7 Å². The van der Waals surface area contributed by atoms with Gasteiger partial charge in [0.15, 0.2) is 13.2 Å². The van der Waals surface area contributed by atoms with Crippen molar-refractivity contribution in [3.8, 4) is 11.5 Å². The van der Waals surface area contributed by atoms with Crippen molar-refractivity contribution in [3.05, 3.63) is 82.3 Å². The summed E-state index contributed by atoms with van der Waals surface area (Å²) in [6, 6.07) is 19.4. The number of anilines is 2. The molecule has 0 saturated carbocycles. The number of carbonyl (C=O) groups is 2. The summed E-state index contributed by atoms with van der Waals surface area (Å²) in [4.78, 5) is 26.5. The summed E-state index contributed by atoms with van der Waals surface area (Å²) in [7, 11) is 0. The SMILES string of the molecule is O=C(COc1ccccc1Cl)Nc1ccc2c(c1)N(Cc1cccc(Cl)c1)C(=O)CO2. The summed E-state index contributed by atoms with van der Waals surface area (Å²) in [5.74, 6) is 0.450. The fraction of sp³-hybridized carbons (Fsp3) is 0.130. The van der Waals surface area contributed by atoms with E-state index in [9.17, 15) is 9.59 Å². The predicted molar refractivity (Wildman–Crippen MR) is 120 cm³/mol. The quantitative estimate of drug-likeness (QED) is 0.570. The molecule has 3 aromatic rings. The lowest BCUT2D eigenvalue weighted by molar-refractivity contribution is -0.121. The average Bonchev–Trinajstić information content (AvgIpc) is 2.75. The molecule has 2 amide bonds. The zero-order valence-corrected chi connectivity index (χ0v) is 17.8. The van der Waals surface area contributed by atoms with Crippen molar-refractivity contribution >= 4 is 46.4 Å². The van der Waals surface area contributed by atoms with Crippen LogP contribution in [-0.4, -0.2) is 25.0 Å². The smallest absolute Gasteiger partial charge is 0.265 e. The summed E-state index contributed by atoms with van der Waals surface area (Å²) < 4.78 is 11.0. The van der Waals surface area contributed by atoms with Gasteiger partial charge in [-0.15, -0.1) is 0 Å². The van der Waals surface area contributed by atoms with E-state index >= 15 is 0 Å². The van der Waals surface area contributed by atoms with E-state index < -0.39 is 0 Å². The van der Waals surface area contributed by atoms with E-state index in [1.54, 1.807) is 53.4 Å². The van der Waals surface area contributed by atoms with Gasteiger partial charge in [0, 0.05) is 10.7 Å². The highest BCUT2D eigenvalue weighted by atomic mass is 35.5. The van der Waals surface area contributed by atoms with E-state index in [0.717, 1.165) is 5.56 Å². The normalized spacial score (nSPS) is 12.7. The molecule has 0 radical (unpaired) electrons. The van der Waals surface area contributed by atoms with Crippen LogP contribution in [-0.2, 0) is 16.1 Å². The van der Waals surface area contributed by atoms with Crippen LogP contribution in [0.5, 0.6) is 11.5 Å². The van der Waals surface area contributed by atoms with Gasteiger partial charge in [-0.05, 0) is 48.0 Å². The maximum atomic E-state index is 12.5. The Hall–Kier alpha value is -3.22. The Morgan fingerprint density at radius 3 is 2.71 bits per heavy atom. The monoisotopic (exact) mass is 456 g/mol. The van der Waals surface area contributed by atoms with Gasteiger partial charge in [0.05, 0.1) is 17.3 Å². The van der Waals surface area contributed by atoms with Crippen LogP contribution in [0.2, 0.25) is 10.0 Å². The summed E-state index contributed by atoms with van der Waals surface area (Å²) >= 11 is 12.1. The highest BCUT2D eigenvalue weighted by molar-refractivity contribution is 6.32. The number of halogens is 2. The Labute approximate surface area is 189 Å². The number of amides is 2. The van der Waals surface area contributed by atoms with Crippen LogP contribution >= 0.6 is 23.2 Å². The molecule has 0 bridgehead atoms. The molecular formula is C23H18Cl2N2O4. The first-order valence-corrected chi connectivity index (χ1v) is 10.2. The molecule has 1 aliphatic rings. The van der Waals surface area contributed by atoms with Gasteiger partial charge in [0.1, 0.15) is 11.5 Å². The van der Waals surface area contributed by atoms with Crippen LogP contribution in [0.25, 0.3) is 0 Å². The second-order valence-corrected chi connectivity index (χ2v) is 7.69. The Balaban J connectivity index is 1.48. The van der Waals surface area contributed by atoms with Gasteiger partial charge in [0.25, 0.3) is 11.8 Å². The summed E-state index contributed by atoms with van der Waals surface area (Å²) in [5, 5.41) is 3.79. The number of para-hydroxylation sites is 1. The molecule has 1 heterocycles. The molecule has 0 fully saturated rings. The van der Waals surface area contributed by atoms with Crippen molar-refractivity contribution in [3.63, 3.8) is 0 Å². The minimum Gasteiger partial charge on any atom is -0.482 e. The molecular weight excluding hydrogens is 439 g/mol. The first-order valence-electron chi connectivity index (χ1n) is 9.48. The molecule has 31 heavy (non-hydrogen) atoms. The molecule has 6 nitrogen and oxygen atoms in total. The number of ether oxygens (including phenoxy) is 2. The summed E-state index contributed by atoms with van der Waals surface area (Å²) in [6.07, 6.45) is 0. The van der Waals surface area contributed by atoms with Gasteiger partial charge >= 0.3 is 0 Å². The number of benzene rings is 3. The molecule has 3 aromatic carbocycles. The van der Waals surface area contributed by atoms with Crippen LogP contribution in [0.15, 0.2) is 66.7 Å². The molecule has 0 unspecified atom stereocenters. The van der Waals surface area contributed by atoms with E-state index in [0.29, 0.717) is 39.5 Å². The molecule has 0 aliphatic carbocycles. The van der Waals surface area contributed by atoms with E-state index in [2.05, 4.69) is 5.32 Å². The fourth-order valence-electron chi connectivity index (χ4n) is 3.17. The number of fused-ring (bicyclic) bond motifs is 1. The Morgan fingerprint density at radius 1 is 1.06 bits per heavy atom. The van der Waals surface area contributed by atoms with Crippen LogP contribution in [0.3, 0.4) is 0 Å². The third-order valence-corrected chi connectivity index (χ3v) is 5.16. The van der Waals surface area contributed by atoms with E-state index in [4.69, 9.17) is 32.7 Å². The Kier molecular flexibility index (Phi) is 6.30. The number of hydrogen-bond donors (Lipinski definition) is 1. The van der Waals surface area contributed by atoms with Crippen LogP contribution in [0.1, 0.15) is 5.56 Å². The van der Waals surface area contributed by atoms with Crippen molar-refractivity contribution in [2.24, 2.45) is 0 Å². The van der Waals surface area contributed by atoms with Gasteiger partial charge in [-0.1, -0.05) is 47.5 Å². The number of nitrogens with one attached hydrogen (secondary N) is 1. The maximum absolute atomic E-state index is 12.5. The van der Waals surface area contributed by atoms with E-state index in [1.165, 1.54) is 0 Å². The zero-order chi connectivity index (χ0) is 21.8. The molecule has 0 spiro atoms. The van der Waals surface area contributed by atoms with E-state index in [1.807, 2.05) is 18.2 Å². The third kappa shape index (κ3) is 5.10. The minimum atomic E-state index is -0.357. The van der Waals surface area contributed by atoms with Crippen molar-refractivity contribution < 1.29 is 19.1 Å². The molecule has 0 aromatic heterocycles. The summed E-state index contributed by atoms with van der Waals surface area (Å²) in [6.45, 7) is 0.0796. The lowest BCUT2D eigenvalue weighted by atomic mass is 10.1. The molecule has 4 rings (SSSR count). The molecule has 158 valence electrons. The van der Waals surface area contributed by atoms with Crippen molar-refractivity contribution in [1.82, 2.24) is 0 Å². The topological polar surface area (TPSA) is 67.9 Å². The first-order chi connectivity index (χ1) is 15.0. The van der Waals surface area contributed by atoms with Crippen molar-refractivity contribution in [2.75, 3.05) is 23.4 Å². The largest absolute Gasteiger partial charge is 0.482 e. The van der Waals surface area contributed by atoms with E-state index in [-0.39, 0.29) is 25.0 Å². The van der Waals surface area contributed by atoms with Crippen LogP contribution in [0.4, 0.5) is 11.4 Å². The molecule has 0 saturated heterocycles. The van der Waals surface area contributed by atoms with Crippen molar-refractivity contribution in [2.45, 2.75) is 6.54 Å². The van der Waals surface area contributed by atoms with Gasteiger partial charge in [-0.25, -0.2) is 0 Å².